The number of likely N-dealkylation sites (tertiary alicyclic amines) is 1. The van der Waals surface area contributed by atoms with Crippen LogP contribution in [0, 0.1) is 0 Å². The number of hydrogen-bond donors (Lipinski definition) is 0. The van der Waals surface area contributed by atoms with Gasteiger partial charge in [0.15, 0.2) is 5.82 Å². The van der Waals surface area contributed by atoms with Gasteiger partial charge in [0, 0.05) is 24.5 Å². The van der Waals surface area contributed by atoms with Crippen LogP contribution in [0.5, 0.6) is 0 Å². The third kappa shape index (κ3) is 3.78. The molecule has 0 radical (unpaired) electrons. The van der Waals surface area contributed by atoms with Gasteiger partial charge in [0.05, 0.1) is 12.3 Å². The Morgan fingerprint density at radius 2 is 1.81 bits per heavy atom. The van der Waals surface area contributed by atoms with Gasteiger partial charge in [0.2, 0.25) is 11.8 Å². The summed E-state index contributed by atoms with van der Waals surface area (Å²) in [6, 6.07) is 17.4. The average Bonchev–Trinajstić information content (AvgIpc) is 3.04. The minimum absolute atomic E-state index is 0.104. The summed E-state index contributed by atoms with van der Waals surface area (Å²) in [7, 11) is 0. The van der Waals surface area contributed by atoms with Gasteiger partial charge in [-0.2, -0.15) is 4.98 Å². The zero-order chi connectivity index (χ0) is 17.9. The van der Waals surface area contributed by atoms with Crippen LogP contribution in [-0.4, -0.2) is 34.0 Å². The molecule has 0 bridgehead atoms. The SMILES string of the molecule is O=C(Cc1ccc(Cl)cc1)N1CC(c2nc(Cc3ccccc3)no2)C1. The summed E-state index contributed by atoms with van der Waals surface area (Å²) >= 11 is 5.87. The maximum Gasteiger partial charge on any atom is 0.233 e. The van der Waals surface area contributed by atoms with E-state index in [9.17, 15) is 4.79 Å². The topological polar surface area (TPSA) is 59.2 Å². The van der Waals surface area contributed by atoms with E-state index >= 15 is 0 Å². The van der Waals surface area contributed by atoms with E-state index in [1.165, 1.54) is 0 Å². The zero-order valence-corrected chi connectivity index (χ0v) is 14.9. The minimum Gasteiger partial charge on any atom is -0.341 e. The van der Waals surface area contributed by atoms with Gasteiger partial charge >= 0.3 is 0 Å². The highest BCUT2D eigenvalue weighted by atomic mass is 35.5. The molecule has 2 heterocycles. The molecule has 1 fully saturated rings. The number of amides is 1. The van der Waals surface area contributed by atoms with Crippen LogP contribution in [0.2, 0.25) is 5.02 Å². The molecule has 1 aliphatic heterocycles. The summed E-state index contributed by atoms with van der Waals surface area (Å²) < 4.78 is 5.39. The third-order valence-electron chi connectivity index (χ3n) is 4.54. The van der Waals surface area contributed by atoms with Gasteiger partial charge < -0.3 is 9.42 Å². The van der Waals surface area contributed by atoms with E-state index in [4.69, 9.17) is 16.1 Å². The van der Waals surface area contributed by atoms with E-state index in [0.717, 1.165) is 11.1 Å². The Balaban J connectivity index is 1.30. The van der Waals surface area contributed by atoms with Crippen molar-refractivity contribution in [2.24, 2.45) is 0 Å². The Bertz CT molecular complexity index is 887. The molecule has 6 heteroatoms. The fourth-order valence-electron chi connectivity index (χ4n) is 3.01. The first-order chi connectivity index (χ1) is 12.7. The van der Waals surface area contributed by atoms with Crippen molar-refractivity contribution in [2.75, 3.05) is 13.1 Å². The highest BCUT2D eigenvalue weighted by Gasteiger charge is 2.35. The second kappa shape index (κ2) is 7.30. The van der Waals surface area contributed by atoms with Crippen molar-refractivity contribution in [1.29, 1.82) is 0 Å². The Morgan fingerprint density at radius 3 is 2.54 bits per heavy atom. The molecule has 0 spiro atoms. The molecule has 2 aromatic carbocycles. The predicted octanol–water partition coefficient (Wildman–Crippen LogP) is 3.48. The number of hydrogen-bond acceptors (Lipinski definition) is 4. The number of nitrogens with zero attached hydrogens (tertiary/aromatic N) is 3. The van der Waals surface area contributed by atoms with E-state index in [1.54, 1.807) is 12.1 Å². The first-order valence-corrected chi connectivity index (χ1v) is 8.94. The smallest absolute Gasteiger partial charge is 0.233 e. The number of carbonyl (C=O) groups is 1. The quantitative estimate of drug-likeness (QED) is 0.692. The van der Waals surface area contributed by atoms with Crippen molar-refractivity contribution < 1.29 is 9.32 Å². The van der Waals surface area contributed by atoms with E-state index in [1.807, 2.05) is 47.4 Å². The molecule has 0 N–H and O–H groups in total. The molecule has 3 aromatic rings. The average molecular weight is 368 g/mol. The molecule has 0 atom stereocenters. The first kappa shape index (κ1) is 16.8. The summed E-state index contributed by atoms with van der Waals surface area (Å²) in [6.45, 7) is 1.25. The maximum absolute atomic E-state index is 12.3. The number of halogens is 1. The first-order valence-electron chi connectivity index (χ1n) is 8.56. The lowest BCUT2D eigenvalue weighted by molar-refractivity contribution is -0.135. The van der Waals surface area contributed by atoms with Gasteiger partial charge in [-0.15, -0.1) is 0 Å². The molecule has 1 aromatic heterocycles. The van der Waals surface area contributed by atoms with Gasteiger partial charge in [-0.3, -0.25) is 4.79 Å². The molecule has 0 saturated carbocycles. The Labute approximate surface area is 156 Å². The van der Waals surface area contributed by atoms with E-state index in [0.29, 0.717) is 42.7 Å². The van der Waals surface area contributed by atoms with Gasteiger partial charge in [-0.25, -0.2) is 0 Å². The monoisotopic (exact) mass is 367 g/mol. The summed E-state index contributed by atoms with van der Waals surface area (Å²) in [6.07, 6.45) is 1.03. The summed E-state index contributed by atoms with van der Waals surface area (Å²) in [4.78, 5) is 18.6. The molecule has 26 heavy (non-hydrogen) atoms. The number of aromatic nitrogens is 2. The zero-order valence-electron chi connectivity index (χ0n) is 14.1. The molecular formula is C20H18ClN3O2. The van der Waals surface area contributed by atoms with Crippen LogP contribution in [0.25, 0.3) is 0 Å². The maximum atomic E-state index is 12.3. The van der Waals surface area contributed by atoms with Crippen LogP contribution >= 0.6 is 11.6 Å². The molecule has 1 saturated heterocycles. The Morgan fingerprint density at radius 1 is 1.08 bits per heavy atom. The molecule has 5 nitrogen and oxygen atoms in total. The van der Waals surface area contributed by atoms with Crippen molar-refractivity contribution in [2.45, 2.75) is 18.8 Å². The van der Waals surface area contributed by atoms with Crippen molar-refractivity contribution in [3.8, 4) is 0 Å². The van der Waals surface area contributed by atoms with Crippen LogP contribution < -0.4 is 0 Å². The standard InChI is InChI=1S/C20H18ClN3O2/c21-17-8-6-15(7-9-17)11-19(25)24-12-16(13-24)20-22-18(23-26-20)10-14-4-2-1-3-5-14/h1-9,16H,10-13H2. The number of carbonyl (C=O) groups excluding carboxylic acids is 1. The molecule has 0 unspecified atom stereocenters. The lowest BCUT2D eigenvalue weighted by Gasteiger charge is -2.37. The lowest BCUT2D eigenvalue weighted by Crippen LogP contribution is -2.49. The van der Waals surface area contributed by atoms with Gasteiger partial charge in [0.1, 0.15) is 0 Å². The molecule has 0 aliphatic carbocycles. The predicted molar refractivity (Wildman–Crippen MR) is 98.0 cm³/mol. The molecule has 1 amide bonds. The van der Waals surface area contributed by atoms with Crippen molar-refractivity contribution in [3.63, 3.8) is 0 Å². The van der Waals surface area contributed by atoms with Crippen LogP contribution in [0.1, 0.15) is 28.8 Å². The normalized spacial score (nSPS) is 14.3. The van der Waals surface area contributed by atoms with Crippen LogP contribution in [-0.2, 0) is 17.6 Å². The van der Waals surface area contributed by atoms with Crippen LogP contribution in [0.3, 0.4) is 0 Å². The third-order valence-corrected chi connectivity index (χ3v) is 4.79. The molecular weight excluding hydrogens is 350 g/mol. The summed E-state index contributed by atoms with van der Waals surface area (Å²) in [5, 5.41) is 4.73. The fraction of sp³-hybridized carbons (Fsp3) is 0.250. The Hall–Kier alpha value is -2.66. The highest BCUT2D eigenvalue weighted by Crippen LogP contribution is 2.26. The second-order valence-electron chi connectivity index (χ2n) is 6.51. The van der Waals surface area contributed by atoms with Crippen molar-refractivity contribution >= 4 is 17.5 Å². The largest absolute Gasteiger partial charge is 0.341 e. The minimum atomic E-state index is 0.104. The summed E-state index contributed by atoms with van der Waals surface area (Å²) in [5.41, 5.74) is 2.11. The van der Waals surface area contributed by atoms with Gasteiger partial charge in [-0.1, -0.05) is 59.2 Å². The highest BCUT2D eigenvalue weighted by molar-refractivity contribution is 6.30. The van der Waals surface area contributed by atoms with Crippen LogP contribution in [0.15, 0.2) is 59.1 Å². The van der Waals surface area contributed by atoms with E-state index in [2.05, 4.69) is 10.1 Å². The second-order valence-corrected chi connectivity index (χ2v) is 6.95. The molecule has 132 valence electrons. The van der Waals surface area contributed by atoms with E-state index < -0.39 is 0 Å². The number of benzene rings is 2. The molecule has 1 aliphatic rings. The van der Waals surface area contributed by atoms with Gasteiger partial charge in [-0.05, 0) is 23.3 Å². The van der Waals surface area contributed by atoms with Gasteiger partial charge in [0.25, 0.3) is 0 Å². The number of rotatable bonds is 5. The van der Waals surface area contributed by atoms with Crippen LogP contribution in [0.4, 0.5) is 0 Å². The molecule has 4 rings (SSSR count). The van der Waals surface area contributed by atoms with Crippen molar-refractivity contribution in [1.82, 2.24) is 15.0 Å². The van der Waals surface area contributed by atoms with Crippen molar-refractivity contribution in [3.05, 3.63) is 82.5 Å². The van der Waals surface area contributed by atoms with E-state index in [-0.39, 0.29) is 11.8 Å². The summed E-state index contributed by atoms with van der Waals surface area (Å²) in [5.74, 6) is 1.53. The fourth-order valence-corrected chi connectivity index (χ4v) is 3.14. The Kier molecular flexibility index (Phi) is 4.71. The lowest BCUT2D eigenvalue weighted by atomic mass is 9.99.